The van der Waals surface area contributed by atoms with Gasteiger partial charge in [0.1, 0.15) is 5.69 Å². The highest BCUT2D eigenvalue weighted by molar-refractivity contribution is 6.33. The number of hydrogen-bond acceptors (Lipinski definition) is 6. The molecule has 0 N–H and O–H groups in total. The first-order chi connectivity index (χ1) is 16.4. The van der Waals surface area contributed by atoms with E-state index in [2.05, 4.69) is 27.0 Å². The van der Waals surface area contributed by atoms with Crippen LogP contribution in [-0.2, 0) is 11.3 Å². The van der Waals surface area contributed by atoms with Crippen LogP contribution in [0.2, 0.25) is 5.02 Å². The third-order valence-corrected chi connectivity index (χ3v) is 7.85. The molecule has 8 nitrogen and oxygen atoms in total. The number of likely N-dealkylation sites (tertiary alicyclic amines) is 2. The minimum atomic E-state index is -0.144. The average molecular weight is 486 g/mol. The fraction of sp³-hybridized carbons (Fsp3) is 0.560. The highest BCUT2D eigenvalue weighted by Crippen LogP contribution is 2.41. The van der Waals surface area contributed by atoms with Crippen LogP contribution in [0.1, 0.15) is 42.2 Å². The van der Waals surface area contributed by atoms with Crippen LogP contribution in [0.3, 0.4) is 0 Å². The number of carbonyl (C=O) groups is 2. The number of aromatic nitrogens is 2. The van der Waals surface area contributed by atoms with Crippen LogP contribution in [0.4, 0.5) is 10.5 Å². The van der Waals surface area contributed by atoms with Crippen molar-refractivity contribution in [2.45, 2.75) is 32.7 Å². The number of morpholine rings is 1. The molecule has 0 radical (unpaired) electrons. The van der Waals surface area contributed by atoms with Gasteiger partial charge in [-0.15, -0.1) is 0 Å². The Labute approximate surface area is 205 Å². The van der Waals surface area contributed by atoms with E-state index in [0.717, 1.165) is 89.0 Å². The molecule has 0 saturated carbocycles. The Morgan fingerprint density at radius 3 is 2.50 bits per heavy atom. The predicted molar refractivity (Wildman–Crippen MR) is 131 cm³/mol. The number of halogens is 1. The summed E-state index contributed by atoms with van der Waals surface area (Å²) in [5.41, 5.74) is 2.99. The summed E-state index contributed by atoms with van der Waals surface area (Å²) in [4.78, 5) is 31.0. The van der Waals surface area contributed by atoms with E-state index in [1.165, 1.54) is 17.2 Å². The molecule has 4 heterocycles. The molecule has 9 heteroatoms. The zero-order chi connectivity index (χ0) is 23.7. The first kappa shape index (κ1) is 23.3. The highest BCUT2D eigenvalue weighted by atomic mass is 35.5. The Bertz CT molecular complexity index is 1060. The van der Waals surface area contributed by atoms with Gasteiger partial charge in [-0.3, -0.25) is 9.69 Å². The SMILES string of the molecule is CC(=O)c1ccn(C(=O)N2CCC3(CCN(Cc4ccc(Cl)c(N5CCOCC5)c4)C3)CC2)n1. The van der Waals surface area contributed by atoms with Gasteiger partial charge in [0.2, 0.25) is 0 Å². The maximum Gasteiger partial charge on any atom is 0.344 e. The Balaban J connectivity index is 1.17. The lowest BCUT2D eigenvalue weighted by molar-refractivity contribution is 0.101. The third kappa shape index (κ3) is 4.85. The van der Waals surface area contributed by atoms with Crippen LogP contribution in [0.5, 0.6) is 0 Å². The number of rotatable bonds is 4. The van der Waals surface area contributed by atoms with Crippen molar-refractivity contribution in [1.29, 1.82) is 0 Å². The fourth-order valence-electron chi connectivity index (χ4n) is 5.47. The summed E-state index contributed by atoms with van der Waals surface area (Å²) in [5.74, 6) is -0.132. The van der Waals surface area contributed by atoms with Crippen LogP contribution in [0, 0.1) is 5.41 Å². The van der Waals surface area contributed by atoms with Gasteiger partial charge in [0.05, 0.1) is 23.9 Å². The summed E-state index contributed by atoms with van der Waals surface area (Å²) >= 11 is 6.51. The second kappa shape index (κ2) is 9.68. The van der Waals surface area contributed by atoms with Crippen molar-refractivity contribution in [3.63, 3.8) is 0 Å². The molecule has 1 spiro atoms. The number of benzene rings is 1. The molecule has 2 aromatic rings. The van der Waals surface area contributed by atoms with Crippen LogP contribution in [0.25, 0.3) is 0 Å². The lowest BCUT2D eigenvalue weighted by Crippen LogP contribution is -2.45. The van der Waals surface area contributed by atoms with Crippen LogP contribution in [-0.4, -0.2) is 83.9 Å². The second-order valence-corrected chi connectivity index (χ2v) is 10.2. The summed E-state index contributed by atoms with van der Waals surface area (Å²) in [6.07, 6.45) is 4.73. The maximum atomic E-state index is 12.8. The molecule has 1 aromatic carbocycles. The Kier molecular flexibility index (Phi) is 6.64. The Hall–Kier alpha value is -2.42. The molecule has 3 aliphatic rings. The van der Waals surface area contributed by atoms with Gasteiger partial charge in [0.15, 0.2) is 5.78 Å². The van der Waals surface area contributed by atoms with E-state index < -0.39 is 0 Å². The molecule has 182 valence electrons. The lowest BCUT2D eigenvalue weighted by Gasteiger charge is -2.39. The van der Waals surface area contributed by atoms with Gasteiger partial charge in [0, 0.05) is 52.4 Å². The second-order valence-electron chi connectivity index (χ2n) is 9.82. The third-order valence-electron chi connectivity index (χ3n) is 7.53. The van der Waals surface area contributed by atoms with Crippen LogP contribution in [0.15, 0.2) is 30.5 Å². The van der Waals surface area contributed by atoms with Gasteiger partial charge < -0.3 is 14.5 Å². The van der Waals surface area contributed by atoms with E-state index in [-0.39, 0.29) is 17.2 Å². The number of nitrogens with zero attached hydrogens (tertiary/aromatic N) is 5. The first-order valence-corrected chi connectivity index (χ1v) is 12.5. The van der Waals surface area contributed by atoms with Gasteiger partial charge in [-0.1, -0.05) is 17.7 Å². The van der Waals surface area contributed by atoms with E-state index in [1.807, 2.05) is 11.0 Å². The zero-order valence-corrected chi connectivity index (χ0v) is 20.5. The van der Waals surface area contributed by atoms with Gasteiger partial charge in [-0.2, -0.15) is 9.78 Å². The summed E-state index contributed by atoms with van der Waals surface area (Å²) in [7, 11) is 0. The molecule has 0 bridgehead atoms. The van der Waals surface area contributed by atoms with Gasteiger partial charge in [0.25, 0.3) is 0 Å². The average Bonchev–Trinajstić information content (AvgIpc) is 3.49. The minimum Gasteiger partial charge on any atom is -0.378 e. The molecule has 34 heavy (non-hydrogen) atoms. The van der Waals surface area contributed by atoms with E-state index in [0.29, 0.717) is 5.69 Å². The van der Waals surface area contributed by atoms with Crippen LogP contribution >= 0.6 is 11.6 Å². The summed E-state index contributed by atoms with van der Waals surface area (Å²) < 4.78 is 6.78. The maximum absolute atomic E-state index is 12.8. The van der Waals surface area contributed by atoms with E-state index in [9.17, 15) is 9.59 Å². The monoisotopic (exact) mass is 485 g/mol. The standard InChI is InChI=1S/C25H32ClN5O3/c1-19(32)22-4-8-31(27-22)24(33)30-10-6-25(7-11-30)5-9-28(18-25)17-20-2-3-21(26)23(16-20)29-12-14-34-15-13-29/h2-4,8,16H,5-7,9-15,17-18H2,1H3. The number of Topliss-reactive ketones (excluding diaryl/α,β-unsaturated/α-hetero) is 1. The van der Waals surface area contributed by atoms with E-state index >= 15 is 0 Å². The molecule has 3 aliphatic heterocycles. The van der Waals surface area contributed by atoms with Crippen molar-refractivity contribution in [3.8, 4) is 0 Å². The van der Waals surface area contributed by atoms with Gasteiger partial charge >= 0.3 is 6.03 Å². The quantitative estimate of drug-likeness (QED) is 0.617. The van der Waals surface area contributed by atoms with E-state index in [1.54, 1.807) is 12.3 Å². The van der Waals surface area contributed by atoms with Crippen molar-refractivity contribution in [1.82, 2.24) is 19.6 Å². The fourth-order valence-corrected chi connectivity index (χ4v) is 5.70. The van der Waals surface area contributed by atoms with Crippen molar-refractivity contribution < 1.29 is 14.3 Å². The normalized spacial score (nSPS) is 20.8. The summed E-state index contributed by atoms with van der Waals surface area (Å²) in [5, 5.41) is 4.93. The molecule has 1 amide bonds. The van der Waals surface area contributed by atoms with Crippen molar-refractivity contribution >= 4 is 29.1 Å². The molecular formula is C25H32ClN5O3. The zero-order valence-electron chi connectivity index (χ0n) is 19.7. The molecule has 0 unspecified atom stereocenters. The molecule has 5 rings (SSSR count). The largest absolute Gasteiger partial charge is 0.378 e. The number of ether oxygens (including phenoxy) is 1. The Morgan fingerprint density at radius 1 is 1.06 bits per heavy atom. The minimum absolute atomic E-state index is 0.132. The lowest BCUT2D eigenvalue weighted by atomic mass is 9.78. The number of amides is 1. The van der Waals surface area contributed by atoms with Crippen molar-refractivity contribution in [2.75, 3.05) is 57.4 Å². The number of carbonyl (C=O) groups excluding carboxylic acids is 2. The number of anilines is 1. The van der Waals surface area contributed by atoms with Gasteiger partial charge in [-0.05, 0) is 55.0 Å². The smallest absolute Gasteiger partial charge is 0.344 e. The van der Waals surface area contributed by atoms with Crippen LogP contribution < -0.4 is 4.90 Å². The highest BCUT2D eigenvalue weighted by Gasteiger charge is 2.41. The molecule has 0 atom stereocenters. The van der Waals surface area contributed by atoms with Crippen molar-refractivity contribution in [3.05, 3.63) is 46.7 Å². The molecule has 3 fully saturated rings. The molecule has 0 aliphatic carbocycles. The summed E-state index contributed by atoms with van der Waals surface area (Å²) in [6.45, 7) is 9.19. The van der Waals surface area contributed by atoms with Crippen molar-refractivity contribution in [2.24, 2.45) is 5.41 Å². The molecule has 3 saturated heterocycles. The number of hydrogen-bond donors (Lipinski definition) is 0. The number of piperidine rings is 1. The predicted octanol–water partition coefficient (Wildman–Crippen LogP) is 3.53. The topological polar surface area (TPSA) is 70.9 Å². The molecular weight excluding hydrogens is 454 g/mol. The number of ketones is 1. The first-order valence-electron chi connectivity index (χ1n) is 12.1. The van der Waals surface area contributed by atoms with E-state index in [4.69, 9.17) is 16.3 Å². The molecule has 1 aromatic heterocycles. The van der Waals surface area contributed by atoms with Gasteiger partial charge in [-0.25, -0.2) is 4.79 Å². The Morgan fingerprint density at radius 2 is 1.79 bits per heavy atom. The summed E-state index contributed by atoms with van der Waals surface area (Å²) in [6, 6.07) is 7.85.